The minimum Gasteiger partial charge on any atom is -0.480 e. The first-order valence-corrected chi connectivity index (χ1v) is 14.3. The molecule has 2 unspecified atom stereocenters. The van der Waals surface area contributed by atoms with Crippen LogP contribution in [0.2, 0.25) is 5.02 Å². The van der Waals surface area contributed by atoms with E-state index in [1.54, 1.807) is 0 Å². The molecule has 3 heterocycles. The second kappa shape index (κ2) is 15.4. The number of ether oxygens (including phenoxy) is 1. The third-order valence-electron chi connectivity index (χ3n) is 7.38. The van der Waals surface area contributed by atoms with Crippen LogP contribution in [0.4, 0.5) is 14.6 Å². The number of hydrogen-bond acceptors (Lipinski definition) is 7. The molecular weight excluding hydrogens is 556 g/mol. The van der Waals surface area contributed by atoms with Crippen molar-refractivity contribution in [2.45, 2.75) is 69.9 Å². The number of carbonyl (C=O) groups excluding carboxylic acids is 1. The number of halogens is 3. The predicted molar refractivity (Wildman–Crippen MR) is 154 cm³/mol. The monoisotopic (exact) mass is 595 g/mol. The van der Waals surface area contributed by atoms with Crippen molar-refractivity contribution in [3.05, 3.63) is 52.2 Å². The van der Waals surface area contributed by atoms with Gasteiger partial charge in [0.2, 0.25) is 5.91 Å². The summed E-state index contributed by atoms with van der Waals surface area (Å²) in [5.41, 5.74) is 1.07. The van der Waals surface area contributed by atoms with Gasteiger partial charge in [-0.15, -0.1) is 0 Å². The van der Waals surface area contributed by atoms with Crippen molar-refractivity contribution in [2.24, 2.45) is 0 Å². The SMILES string of the molecule is COC(CF)CN(CCCCc1ccc2c(n1)NCCC2)CCC(NC(=O)C(C)(C)c1ncc(F)cc1Cl)C(=O)O. The van der Waals surface area contributed by atoms with Crippen LogP contribution in [-0.2, 0) is 32.6 Å². The minimum absolute atomic E-state index is 0.0260. The van der Waals surface area contributed by atoms with Crippen LogP contribution in [0.25, 0.3) is 0 Å². The number of alkyl halides is 1. The Kier molecular flexibility index (Phi) is 12.2. The van der Waals surface area contributed by atoms with Crippen molar-refractivity contribution in [1.29, 1.82) is 0 Å². The average Bonchev–Trinajstić information content (AvgIpc) is 2.94. The van der Waals surface area contributed by atoms with Gasteiger partial charge in [-0.1, -0.05) is 17.7 Å². The molecule has 12 heteroatoms. The van der Waals surface area contributed by atoms with Gasteiger partial charge < -0.3 is 25.4 Å². The summed E-state index contributed by atoms with van der Waals surface area (Å²) in [4.78, 5) is 35.8. The number of nitrogens with one attached hydrogen (secondary N) is 2. The molecule has 3 rings (SSSR count). The summed E-state index contributed by atoms with van der Waals surface area (Å²) >= 11 is 6.11. The van der Waals surface area contributed by atoms with E-state index in [1.807, 2.05) is 4.90 Å². The molecule has 2 aromatic heterocycles. The highest BCUT2D eigenvalue weighted by molar-refractivity contribution is 6.31. The summed E-state index contributed by atoms with van der Waals surface area (Å²) in [7, 11) is 1.44. The molecule has 2 aromatic rings. The fourth-order valence-electron chi connectivity index (χ4n) is 4.81. The van der Waals surface area contributed by atoms with Crippen LogP contribution in [0.15, 0.2) is 24.4 Å². The number of aromatic nitrogens is 2. The number of unbranched alkanes of at least 4 members (excludes halogenated alkanes) is 1. The first-order chi connectivity index (χ1) is 19.5. The van der Waals surface area contributed by atoms with Gasteiger partial charge in [0, 0.05) is 32.4 Å². The van der Waals surface area contributed by atoms with Crippen LogP contribution in [-0.4, -0.2) is 84.0 Å². The van der Waals surface area contributed by atoms with E-state index in [1.165, 1.54) is 26.5 Å². The molecule has 3 N–H and O–H groups in total. The maximum atomic E-state index is 13.5. The van der Waals surface area contributed by atoms with Crippen LogP contribution in [0.5, 0.6) is 0 Å². The zero-order valence-electron chi connectivity index (χ0n) is 23.9. The Balaban J connectivity index is 1.58. The van der Waals surface area contributed by atoms with Gasteiger partial charge in [-0.25, -0.2) is 18.6 Å². The number of carbonyl (C=O) groups is 2. The number of aryl methyl sites for hydroxylation is 2. The molecule has 0 saturated heterocycles. The molecule has 226 valence electrons. The lowest BCUT2D eigenvalue weighted by Crippen LogP contribution is -2.50. The molecule has 0 radical (unpaired) electrons. The van der Waals surface area contributed by atoms with E-state index in [2.05, 4.69) is 27.8 Å². The lowest BCUT2D eigenvalue weighted by atomic mass is 9.87. The van der Waals surface area contributed by atoms with Crippen LogP contribution < -0.4 is 10.6 Å². The molecule has 1 aliphatic heterocycles. The summed E-state index contributed by atoms with van der Waals surface area (Å²) in [6, 6.07) is 4.04. The molecule has 0 spiro atoms. The van der Waals surface area contributed by atoms with E-state index in [-0.39, 0.29) is 23.7 Å². The van der Waals surface area contributed by atoms with Crippen LogP contribution in [0.1, 0.15) is 56.5 Å². The number of anilines is 1. The second-order valence-corrected chi connectivity index (χ2v) is 11.3. The Morgan fingerprint density at radius 1 is 1.29 bits per heavy atom. The van der Waals surface area contributed by atoms with Gasteiger partial charge in [-0.2, -0.15) is 0 Å². The largest absolute Gasteiger partial charge is 0.480 e. The topological polar surface area (TPSA) is 117 Å². The number of rotatable bonds is 16. The molecule has 9 nitrogen and oxygen atoms in total. The Morgan fingerprint density at radius 2 is 2.07 bits per heavy atom. The molecule has 1 aliphatic rings. The van der Waals surface area contributed by atoms with Crippen molar-refractivity contribution in [3.8, 4) is 0 Å². The maximum absolute atomic E-state index is 13.5. The molecular formula is C29H40ClF2N5O4. The lowest BCUT2D eigenvalue weighted by molar-refractivity contribution is -0.143. The first kappa shape index (κ1) is 32.6. The lowest BCUT2D eigenvalue weighted by Gasteiger charge is -2.29. The second-order valence-electron chi connectivity index (χ2n) is 10.9. The molecule has 0 saturated carbocycles. The molecule has 0 aliphatic carbocycles. The molecule has 0 bridgehead atoms. The fourth-order valence-corrected chi connectivity index (χ4v) is 5.20. The normalized spacial score (nSPS) is 14.7. The third kappa shape index (κ3) is 9.31. The molecule has 1 amide bonds. The molecule has 41 heavy (non-hydrogen) atoms. The van der Waals surface area contributed by atoms with E-state index in [4.69, 9.17) is 21.3 Å². The standard InChI is InChI=1S/C29H40ClF2N5O4/c1-29(2,25-23(30)15-20(32)17-34-25)28(40)36-24(27(38)39)11-14-37(18-22(16-31)41-3)13-5-4-8-21-10-9-19-7-6-12-33-26(19)35-21/h9-10,15,17,22,24H,4-8,11-14,16,18H2,1-3H3,(H,33,35)(H,36,40)(H,38,39). The summed E-state index contributed by atoms with van der Waals surface area (Å²) in [6.45, 7) is 4.53. The number of carboxylic acids is 1. The first-order valence-electron chi connectivity index (χ1n) is 13.9. The van der Waals surface area contributed by atoms with Gasteiger partial charge >= 0.3 is 5.97 Å². The number of fused-ring (bicyclic) bond motifs is 1. The average molecular weight is 596 g/mol. The maximum Gasteiger partial charge on any atom is 0.326 e. The van der Waals surface area contributed by atoms with Crippen molar-refractivity contribution in [1.82, 2.24) is 20.2 Å². The van der Waals surface area contributed by atoms with E-state index in [9.17, 15) is 23.5 Å². The van der Waals surface area contributed by atoms with E-state index >= 15 is 0 Å². The summed E-state index contributed by atoms with van der Waals surface area (Å²) in [6.07, 6.45) is 4.98. The predicted octanol–water partition coefficient (Wildman–Crippen LogP) is 4.17. The number of carboxylic acid groups (broad SMARTS) is 1. The summed E-state index contributed by atoms with van der Waals surface area (Å²) in [5, 5.41) is 15.7. The quantitative estimate of drug-likeness (QED) is 0.248. The van der Waals surface area contributed by atoms with E-state index in [0.29, 0.717) is 13.1 Å². The Labute approximate surface area is 245 Å². The van der Waals surface area contributed by atoms with E-state index < -0.39 is 41.9 Å². The fraction of sp³-hybridized carbons (Fsp3) is 0.586. The van der Waals surface area contributed by atoms with Crippen LogP contribution in [0.3, 0.4) is 0 Å². The van der Waals surface area contributed by atoms with Gasteiger partial charge in [-0.05, 0) is 76.6 Å². The van der Waals surface area contributed by atoms with E-state index in [0.717, 1.165) is 62.4 Å². The number of nitrogens with zero attached hydrogens (tertiary/aromatic N) is 3. The van der Waals surface area contributed by atoms with Crippen LogP contribution >= 0.6 is 11.6 Å². The van der Waals surface area contributed by atoms with Gasteiger partial charge in [-0.3, -0.25) is 9.78 Å². The molecule has 0 fully saturated rings. The minimum atomic E-state index is -1.31. The molecule has 0 aromatic carbocycles. The highest BCUT2D eigenvalue weighted by atomic mass is 35.5. The van der Waals surface area contributed by atoms with Gasteiger partial charge in [0.05, 0.1) is 28.4 Å². The molecule has 2 atom stereocenters. The number of hydrogen-bond donors (Lipinski definition) is 3. The highest BCUT2D eigenvalue weighted by Gasteiger charge is 2.36. The number of amides is 1. The highest BCUT2D eigenvalue weighted by Crippen LogP contribution is 2.29. The summed E-state index contributed by atoms with van der Waals surface area (Å²) in [5.74, 6) is -1.49. The van der Waals surface area contributed by atoms with Gasteiger partial charge in [0.15, 0.2) is 0 Å². The Hall–Kier alpha value is -2.89. The number of aliphatic carboxylic acids is 1. The van der Waals surface area contributed by atoms with Crippen LogP contribution in [0, 0.1) is 5.82 Å². The van der Waals surface area contributed by atoms with Gasteiger partial charge in [0.1, 0.15) is 24.4 Å². The summed E-state index contributed by atoms with van der Waals surface area (Å²) < 4.78 is 32.1. The zero-order valence-corrected chi connectivity index (χ0v) is 24.6. The third-order valence-corrected chi connectivity index (χ3v) is 7.67. The zero-order chi connectivity index (χ0) is 30.0. The van der Waals surface area contributed by atoms with Crippen molar-refractivity contribution in [2.75, 3.05) is 45.3 Å². The van der Waals surface area contributed by atoms with Crippen molar-refractivity contribution in [3.63, 3.8) is 0 Å². The Morgan fingerprint density at radius 3 is 2.76 bits per heavy atom. The number of methoxy groups -OCH3 is 1. The number of pyridine rings is 2. The van der Waals surface area contributed by atoms with Gasteiger partial charge in [0.25, 0.3) is 0 Å². The smallest absolute Gasteiger partial charge is 0.326 e. The Bertz CT molecular complexity index is 1180. The van der Waals surface area contributed by atoms with Crippen molar-refractivity contribution >= 4 is 29.3 Å². The van der Waals surface area contributed by atoms with Crippen molar-refractivity contribution < 1.29 is 28.2 Å².